The van der Waals surface area contributed by atoms with Crippen LogP contribution < -0.4 is 5.56 Å². The number of nitrogens with one attached hydrogen (secondary N) is 1. The summed E-state index contributed by atoms with van der Waals surface area (Å²) in [4.78, 5) is 17.3. The monoisotopic (exact) mass is 367 g/mol. The van der Waals surface area contributed by atoms with Gasteiger partial charge in [0.25, 0.3) is 5.56 Å². The molecule has 4 aromatic rings. The zero-order chi connectivity index (χ0) is 18.3. The lowest BCUT2D eigenvalue weighted by molar-refractivity contribution is 0.763. The fraction of sp³-hybridized carbons (Fsp3) is 0.118. The minimum absolute atomic E-state index is 0.322. The number of aromatic nitrogens is 7. The van der Waals surface area contributed by atoms with Crippen LogP contribution in [-0.2, 0) is 7.05 Å². The third-order valence-electron chi connectivity index (χ3n) is 3.83. The maximum atomic E-state index is 13.0. The van der Waals surface area contributed by atoms with Gasteiger partial charge in [0.15, 0.2) is 5.82 Å². The molecule has 8 nitrogen and oxygen atoms in total. The lowest BCUT2D eigenvalue weighted by atomic mass is 10.1. The van der Waals surface area contributed by atoms with Crippen LogP contribution in [0.3, 0.4) is 0 Å². The van der Waals surface area contributed by atoms with E-state index in [1.807, 2.05) is 12.1 Å². The minimum Gasteiger partial charge on any atom is -0.274 e. The molecule has 3 aromatic heterocycles. The van der Waals surface area contributed by atoms with E-state index in [0.717, 1.165) is 5.56 Å². The number of benzene rings is 1. The molecule has 0 saturated heterocycles. The Morgan fingerprint density at radius 2 is 1.96 bits per heavy atom. The van der Waals surface area contributed by atoms with Crippen molar-refractivity contribution >= 4 is 11.6 Å². The van der Waals surface area contributed by atoms with Crippen LogP contribution in [0.1, 0.15) is 5.82 Å². The first kappa shape index (κ1) is 16.2. The molecule has 0 aliphatic rings. The first-order valence-corrected chi connectivity index (χ1v) is 8.18. The predicted molar refractivity (Wildman–Crippen MR) is 97.2 cm³/mol. The second-order valence-corrected chi connectivity index (χ2v) is 6.22. The predicted octanol–water partition coefficient (Wildman–Crippen LogP) is 2.38. The van der Waals surface area contributed by atoms with Crippen molar-refractivity contribution in [2.45, 2.75) is 6.92 Å². The average Bonchev–Trinajstić information content (AvgIpc) is 3.24. The van der Waals surface area contributed by atoms with Crippen LogP contribution in [0.5, 0.6) is 0 Å². The van der Waals surface area contributed by atoms with Gasteiger partial charge in [-0.2, -0.15) is 20.0 Å². The summed E-state index contributed by atoms with van der Waals surface area (Å²) < 4.78 is 2.91. The number of halogens is 1. The van der Waals surface area contributed by atoms with Crippen LogP contribution in [0.2, 0.25) is 5.02 Å². The summed E-state index contributed by atoms with van der Waals surface area (Å²) in [6.07, 6.45) is 3.29. The van der Waals surface area contributed by atoms with E-state index in [9.17, 15) is 4.79 Å². The summed E-state index contributed by atoms with van der Waals surface area (Å²) in [5.41, 5.74) is 2.00. The molecule has 130 valence electrons. The lowest BCUT2D eigenvalue weighted by Gasteiger charge is -2.08. The molecule has 0 aliphatic heterocycles. The van der Waals surface area contributed by atoms with Gasteiger partial charge in [0.1, 0.15) is 11.5 Å². The second kappa shape index (κ2) is 6.23. The van der Waals surface area contributed by atoms with Gasteiger partial charge in [0.2, 0.25) is 0 Å². The van der Waals surface area contributed by atoms with Crippen LogP contribution in [0.25, 0.3) is 28.3 Å². The van der Waals surface area contributed by atoms with E-state index in [1.165, 1.54) is 4.68 Å². The third-order valence-corrected chi connectivity index (χ3v) is 4.08. The van der Waals surface area contributed by atoms with E-state index >= 15 is 0 Å². The highest BCUT2D eigenvalue weighted by Gasteiger charge is 2.17. The van der Waals surface area contributed by atoms with Gasteiger partial charge in [0.05, 0.1) is 23.7 Å². The first-order valence-electron chi connectivity index (χ1n) is 7.80. The number of rotatable bonds is 3. The van der Waals surface area contributed by atoms with Crippen LogP contribution >= 0.6 is 11.6 Å². The molecule has 0 amide bonds. The summed E-state index contributed by atoms with van der Waals surface area (Å²) in [7, 11) is 1.77. The summed E-state index contributed by atoms with van der Waals surface area (Å²) in [5, 5.41) is 16.1. The van der Waals surface area contributed by atoms with Gasteiger partial charge in [0, 0.05) is 17.6 Å². The Kier molecular flexibility index (Phi) is 3.89. The van der Waals surface area contributed by atoms with E-state index in [2.05, 4.69) is 25.4 Å². The van der Waals surface area contributed by atoms with Crippen molar-refractivity contribution in [3.05, 3.63) is 63.9 Å². The number of H-pyrrole nitrogens is 1. The Bertz CT molecular complexity index is 1080. The largest absolute Gasteiger partial charge is 0.282 e. The minimum atomic E-state index is -0.324. The van der Waals surface area contributed by atoms with E-state index in [0.29, 0.717) is 33.6 Å². The normalized spacial score (nSPS) is 11.0. The quantitative estimate of drug-likeness (QED) is 0.600. The zero-order valence-electron chi connectivity index (χ0n) is 14.0. The maximum absolute atomic E-state index is 13.0. The van der Waals surface area contributed by atoms with Crippen molar-refractivity contribution in [1.29, 1.82) is 0 Å². The summed E-state index contributed by atoms with van der Waals surface area (Å²) in [6, 6.07) is 8.91. The SMILES string of the molecule is Cc1nc(-c2cc(-c3ccc(Cl)cc3)nn(-c3cnn(C)c3)c2=O)n[nH]1. The molecule has 0 fully saturated rings. The van der Waals surface area contributed by atoms with E-state index in [1.54, 1.807) is 49.2 Å². The fourth-order valence-corrected chi connectivity index (χ4v) is 2.70. The van der Waals surface area contributed by atoms with Crippen molar-refractivity contribution in [3.8, 4) is 28.3 Å². The molecule has 0 atom stereocenters. The van der Waals surface area contributed by atoms with Gasteiger partial charge in [-0.05, 0) is 25.1 Å². The fourth-order valence-electron chi connectivity index (χ4n) is 2.57. The van der Waals surface area contributed by atoms with Crippen molar-refractivity contribution in [3.63, 3.8) is 0 Å². The number of aryl methyl sites for hydroxylation is 2. The van der Waals surface area contributed by atoms with E-state index in [-0.39, 0.29) is 5.56 Å². The molecule has 0 aliphatic carbocycles. The van der Waals surface area contributed by atoms with Gasteiger partial charge in [-0.1, -0.05) is 23.7 Å². The van der Waals surface area contributed by atoms with Crippen molar-refractivity contribution in [2.75, 3.05) is 0 Å². The molecule has 0 unspecified atom stereocenters. The molecule has 9 heteroatoms. The molecule has 0 radical (unpaired) electrons. The second-order valence-electron chi connectivity index (χ2n) is 5.78. The highest BCUT2D eigenvalue weighted by atomic mass is 35.5. The van der Waals surface area contributed by atoms with Crippen LogP contribution in [0.4, 0.5) is 0 Å². The van der Waals surface area contributed by atoms with Gasteiger partial charge in [-0.25, -0.2) is 4.98 Å². The number of hydrogen-bond donors (Lipinski definition) is 1. The molecule has 1 aromatic carbocycles. The van der Waals surface area contributed by atoms with Crippen molar-refractivity contribution in [1.82, 2.24) is 34.7 Å². The number of nitrogens with zero attached hydrogens (tertiary/aromatic N) is 6. The van der Waals surface area contributed by atoms with Crippen molar-refractivity contribution < 1.29 is 0 Å². The third kappa shape index (κ3) is 2.91. The van der Waals surface area contributed by atoms with E-state index < -0.39 is 0 Å². The van der Waals surface area contributed by atoms with Gasteiger partial charge in [-0.3, -0.25) is 14.6 Å². The molecular formula is C17H14ClN7O. The number of aromatic amines is 1. The molecule has 0 saturated carbocycles. The highest BCUT2D eigenvalue weighted by molar-refractivity contribution is 6.30. The molecule has 4 rings (SSSR count). The van der Waals surface area contributed by atoms with Crippen LogP contribution in [-0.4, -0.2) is 34.7 Å². The lowest BCUT2D eigenvalue weighted by Crippen LogP contribution is -2.23. The van der Waals surface area contributed by atoms with E-state index in [4.69, 9.17) is 11.6 Å². The van der Waals surface area contributed by atoms with Gasteiger partial charge >= 0.3 is 0 Å². The van der Waals surface area contributed by atoms with Gasteiger partial charge in [-0.15, -0.1) is 0 Å². The molecular weight excluding hydrogens is 354 g/mol. The Morgan fingerprint density at radius 1 is 1.19 bits per heavy atom. The molecule has 26 heavy (non-hydrogen) atoms. The van der Waals surface area contributed by atoms with Crippen LogP contribution in [0.15, 0.2) is 47.5 Å². The van der Waals surface area contributed by atoms with Crippen LogP contribution in [0, 0.1) is 6.92 Å². The summed E-state index contributed by atoms with van der Waals surface area (Å²) in [5.74, 6) is 0.944. The summed E-state index contributed by atoms with van der Waals surface area (Å²) in [6.45, 7) is 1.78. The molecule has 1 N–H and O–H groups in total. The Balaban J connectivity index is 1.97. The summed E-state index contributed by atoms with van der Waals surface area (Å²) >= 11 is 5.97. The smallest absolute Gasteiger partial charge is 0.274 e. The van der Waals surface area contributed by atoms with Crippen molar-refractivity contribution in [2.24, 2.45) is 7.05 Å². The zero-order valence-corrected chi connectivity index (χ0v) is 14.8. The first-order chi connectivity index (χ1) is 12.5. The Labute approximate surface area is 153 Å². The standard InChI is InChI=1S/C17H14ClN7O/c1-10-20-16(22-21-10)14-7-15(11-3-5-12(18)6-4-11)23-25(17(14)26)13-8-19-24(2)9-13/h3-9H,1-2H3,(H,20,21,22). The Hall–Kier alpha value is -3.26. The molecule has 0 bridgehead atoms. The number of hydrogen-bond acceptors (Lipinski definition) is 5. The molecule has 0 spiro atoms. The average molecular weight is 368 g/mol. The van der Waals surface area contributed by atoms with Gasteiger partial charge < -0.3 is 0 Å². The maximum Gasteiger partial charge on any atom is 0.282 e. The topological polar surface area (TPSA) is 94.3 Å². The molecule has 3 heterocycles. The Morgan fingerprint density at radius 3 is 2.58 bits per heavy atom. The highest BCUT2D eigenvalue weighted by Crippen LogP contribution is 2.22.